The number of para-hydroxylation sites is 2. The lowest BCUT2D eigenvalue weighted by Gasteiger charge is -2.32. The van der Waals surface area contributed by atoms with Gasteiger partial charge in [-0.1, -0.05) is 24.3 Å². The first-order chi connectivity index (χ1) is 14.7. The maximum Gasteiger partial charge on any atom is 0.258 e. The van der Waals surface area contributed by atoms with E-state index in [-0.39, 0.29) is 11.5 Å². The van der Waals surface area contributed by atoms with E-state index in [0.29, 0.717) is 42.0 Å². The van der Waals surface area contributed by atoms with Gasteiger partial charge in [-0.3, -0.25) is 9.59 Å². The Hall–Kier alpha value is -3.06. The number of piperidine rings is 1. The average Bonchev–Trinajstić information content (AvgIpc) is 3.22. The number of hydrogen-bond acceptors (Lipinski definition) is 5. The average molecular weight is 419 g/mol. The summed E-state index contributed by atoms with van der Waals surface area (Å²) in [4.78, 5) is 39.1. The number of H-pyrrole nitrogens is 1. The van der Waals surface area contributed by atoms with Gasteiger partial charge < -0.3 is 9.88 Å². The molecule has 0 saturated carbocycles. The molecule has 30 heavy (non-hydrogen) atoms. The summed E-state index contributed by atoms with van der Waals surface area (Å²) in [6, 6.07) is 15.4. The number of hydrogen-bond donors (Lipinski definition) is 1. The van der Waals surface area contributed by atoms with Crippen molar-refractivity contribution in [2.24, 2.45) is 0 Å². The lowest BCUT2D eigenvalue weighted by atomic mass is 9.98. The highest BCUT2D eigenvalue weighted by molar-refractivity contribution is 7.18. The minimum Gasteiger partial charge on any atom is -0.342 e. The van der Waals surface area contributed by atoms with Crippen molar-refractivity contribution in [2.75, 3.05) is 13.1 Å². The Bertz CT molecular complexity index is 1250. The number of amides is 1. The van der Waals surface area contributed by atoms with E-state index in [0.717, 1.165) is 29.9 Å². The van der Waals surface area contributed by atoms with Gasteiger partial charge in [0, 0.05) is 31.8 Å². The minimum atomic E-state index is -0.156. The molecule has 1 amide bonds. The molecule has 3 heterocycles. The number of aromatic amines is 1. The number of aryl methyl sites for hydroxylation is 1. The topological polar surface area (TPSA) is 79.0 Å². The lowest BCUT2D eigenvalue weighted by Crippen LogP contribution is -2.39. The van der Waals surface area contributed by atoms with Gasteiger partial charge >= 0.3 is 0 Å². The largest absolute Gasteiger partial charge is 0.342 e. The highest BCUT2D eigenvalue weighted by Gasteiger charge is 2.26. The van der Waals surface area contributed by atoms with Crippen molar-refractivity contribution in [3.8, 4) is 0 Å². The molecule has 0 spiro atoms. The maximum atomic E-state index is 12.9. The summed E-state index contributed by atoms with van der Waals surface area (Å²) in [6.45, 7) is 1.49. The molecule has 1 saturated heterocycles. The van der Waals surface area contributed by atoms with Crippen LogP contribution in [0.2, 0.25) is 0 Å². The van der Waals surface area contributed by atoms with E-state index in [1.54, 1.807) is 17.4 Å². The molecule has 7 heteroatoms. The van der Waals surface area contributed by atoms with Crippen LogP contribution in [0, 0.1) is 0 Å². The molecule has 0 bridgehead atoms. The van der Waals surface area contributed by atoms with Crippen LogP contribution >= 0.6 is 11.3 Å². The van der Waals surface area contributed by atoms with Crippen molar-refractivity contribution >= 4 is 38.4 Å². The minimum absolute atomic E-state index is 0.108. The first kappa shape index (κ1) is 18.9. The van der Waals surface area contributed by atoms with E-state index in [4.69, 9.17) is 4.98 Å². The number of benzene rings is 2. The Morgan fingerprint density at radius 2 is 1.90 bits per heavy atom. The van der Waals surface area contributed by atoms with Crippen LogP contribution in [0.4, 0.5) is 0 Å². The second-order valence-corrected chi connectivity index (χ2v) is 8.79. The SMILES string of the molecule is O=C(CCc1nc2ccccc2c(=O)[nH]1)N1CCC[C@@H](c2nc3ccccc3s2)C1. The van der Waals surface area contributed by atoms with Gasteiger partial charge in [0.05, 0.1) is 26.1 Å². The fourth-order valence-electron chi connectivity index (χ4n) is 4.11. The number of carbonyl (C=O) groups is 1. The third kappa shape index (κ3) is 3.73. The van der Waals surface area contributed by atoms with Crippen LogP contribution in [0.3, 0.4) is 0 Å². The van der Waals surface area contributed by atoms with Gasteiger partial charge in [0.15, 0.2) is 0 Å². The van der Waals surface area contributed by atoms with Gasteiger partial charge in [-0.25, -0.2) is 9.97 Å². The summed E-state index contributed by atoms with van der Waals surface area (Å²) in [6.07, 6.45) is 2.82. The summed E-state index contributed by atoms with van der Waals surface area (Å²) in [5, 5.41) is 1.69. The van der Waals surface area contributed by atoms with Crippen molar-refractivity contribution in [1.82, 2.24) is 19.9 Å². The molecule has 4 aromatic rings. The fourth-order valence-corrected chi connectivity index (χ4v) is 5.20. The van der Waals surface area contributed by atoms with E-state index in [1.807, 2.05) is 41.3 Å². The molecule has 2 aromatic heterocycles. The maximum absolute atomic E-state index is 12.9. The lowest BCUT2D eigenvalue weighted by molar-refractivity contribution is -0.132. The first-order valence-corrected chi connectivity index (χ1v) is 11.1. The molecule has 5 rings (SSSR count). The molecule has 1 fully saturated rings. The monoisotopic (exact) mass is 418 g/mol. The van der Waals surface area contributed by atoms with Crippen LogP contribution in [-0.4, -0.2) is 38.8 Å². The van der Waals surface area contributed by atoms with Crippen LogP contribution in [0.15, 0.2) is 53.3 Å². The molecule has 2 aromatic carbocycles. The number of likely N-dealkylation sites (tertiary alicyclic amines) is 1. The van der Waals surface area contributed by atoms with E-state index in [9.17, 15) is 9.59 Å². The van der Waals surface area contributed by atoms with Gasteiger partial charge in [0.25, 0.3) is 5.56 Å². The zero-order chi connectivity index (χ0) is 20.5. The molecule has 1 aliphatic rings. The molecule has 0 radical (unpaired) electrons. The van der Waals surface area contributed by atoms with Gasteiger partial charge in [-0.2, -0.15) is 0 Å². The zero-order valence-corrected chi connectivity index (χ0v) is 17.3. The summed E-state index contributed by atoms with van der Waals surface area (Å²) >= 11 is 1.73. The summed E-state index contributed by atoms with van der Waals surface area (Å²) in [5.41, 5.74) is 1.54. The molecular formula is C23H22N4O2S. The number of fused-ring (bicyclic) bond motifs is 2. The van der Waals surface area contributed by atoms with Crippen molar-refractivity contribution in [2.45, 2.75) is 31.6 Å². The predicted octanol–water partition coefficient (Wildman–Crippen LogP) is 3.87. The second-order valence-electron chi connectivity index (χ2n) is 7.73. The van der Waals surface area contributed by atoms with Crippen molar-refractivity contribution in [3.63, 3.8) is 0 Å². The predicted molar refractivity (Wildman–Crippen MR) is 119 cm³/mol. The quantitative estimate of drug-likeness (QED) is 0.546. The molecule has 1 aliphatic heterocycles. The smallest absolute Gasteiger partial charge is 0.258 e. The van der Waals surface area contributed by atoms with E-state index >= 15 is 0 Å². The number of aromatic nitrogens is 3. The third-order valence-electron chi connectivity index (χ3n) is 5.67. The number of nitrogens with one attached hydrogen (secondary N) is 1. The second kappa shape index (κ2) is 7.99. The summed E-state index contributed by atoms with van der Waals surface area (Å²) in [5.74, 6) is 0.960. The molecule has 0 unspecified atom stereocenters. The first-order valence-electron chi connectivity index (χ1n) is 10.3. The van der Waals surface area contributed by atoms with E-state index < -0.39 is 0 Å². The van der Waals surface area contributed by atoms with Gasteiger partial charge in [-0.15, -0.1) is 11.3 Å². The van der Waals surface area contributed by atoms with Crippen LogP contribution < -0.4 is 5.56 Å². The summed E-state index contributed by atoms with van der Waals surface area (Å²) in [7, 11) is 0. The Kier molecular flexibility index (Phi) is 5.04. The van der Waals surface area contributed by atoms with Gasteiger partial charge in [0.2, 0.25) is 5.91 Å². The van der Waals surface area contributed by atoms with Gasteiger partial charge in [-0.05, 0) is 37.1 Å². The third-order valence-corrected chi connectivity index (χ3v) is 6.87. The number of thiazole rings is 1. The highest BCUT2D eigenvalue weighted by Crippen LogP contribution is 2.33. The normalized spacial score (nSPS) is 16.9. The van der Waals surface area contributed by atoms with Crippen molar-refractivity contribution in [1.29, 1.82) is 0 Å². The number of carbonyl (C=O) groups excluding carboxylic acids is 1. The number of rotatable bonds is 4. The van der Waals surface area contributed by atoms with Crippen LogP contribution in [0.1, 0.15) is 36.0 Å². The van der Waals surface area contributed by atoms with E-state index in [2.05, 4.69) is 16.0 Å². The fraction of sp³-hybridized carbons (Fsp3) is 0.304. The van der Waals surface area contributed by atoms with Gasteiger partial charge in [0.1, 0.15) is 5.82 Å². The molecule has 1 atom stereocenters. The Balaban J connectivity index is 1.26. The molecule has 6 nitrogen and oxygen atoms in total. The standard InChI is InChI=1S/C23H22N4O2S/c28-21(12-11-20-24-17-8-2-1-7-16(17)22(29)26-20)27-13-5-6-15(14-27)23-25-18-9-3-4-10-19(18)30-23/h1-4,7-10,15H,5-6,11-14H2,(H,24,26,29)/t15-/m1/s1. The highest BCUT2D eigenvalue weighted by atomic mass is 32.1. The van der Waals surface area contributed by atoms with Crippen molar-refractivity contribution in [3.05, 3.63) is 69.7 Å². The van der Waals surface area contributed by atoms with Crippen LogP contribution in [-0.2, 0) is 11.2 Å². The van der Waals surface area contributed by atoms with E-state index in [1.165, 1.54) is 4.70 Å². The number of nitrogens with zero attached hydrogens (tertiary/aromatic N) is 3. The van der Waals surface area contributed by atoms with Crippen LogP contribution in [0.5, 0.6) is 0 Å². The molecule has 0 aliphatic carbocycles. The molecule has 152 valence electrons. The van der Waals surface area contributed by atoms with Crippen LogP contribution in [0.25, 0.3) is 21.1 Å². The molecular weight excluding hydrogens is 396 g/mol. The molecule has 1 N–H and O–H groups in total. The summed E-state index contributed by atoms with van der Waals surface area (Å²) < 4.78 is 1.20. The Morgan fingerprint density at radius 3 is 2.77 bits per heavy atom. The zero-order valence-electron chi connectivity index (χ0n) is 16.5. The Morgan fingerprint density at radius 1 is 1.10 bits per heavy atom. The van der Waals surface area contributed by atoms with Crippen molar-refractivity contribution < 1.29 is 4.79 Å². The Labute approximate surface area is 177 Å².